The van der Waals surface area contributed by atoms with Crippen LogP contribution in [0, 0.1) is 0 Å². The lowest BCUT2D eigenvalue weighted by molar-refractivity contribution is -0.122. The van der Waals surface area contributed by atoms with Gasteiger partial charge in [-0.1, -0.05) is 24.3 Å². The molecule has 1 aliphatic heterocycles. The normalized spacial score (nSPS) is 20.1. The maximum Gasteiger partial charge on any atom is 0.156 e. The third-order valence-electron chi connectivity index (χ3n) is 3.78. The van der Waals surface area contributed by atoms with Gasteiger partial charge in [-0.25, -0.2) is 0 Å². The van der Waals surface area contributed by atoms with Crippen molar-refractivity contribution in [3.05, 3.63) is 42.1 Å². The van der Waals surface area contributed by atoms with Gasteiger partial charge in [0, 0.05) is 29.1 Å². The quantitative estimate of drug-likeness (QED) is 0.867. The number of benzene rings is 1. The van der Waals surface area contributed by atoms with Gasteiger partial charge < -0.3 is 0 Å². The molecular formula is C16H18N2OS. The van der Waals surface area contributed by atoms with Crippen LogP contribution in [0.3, 0.4) is 0 Å². The maximum atomic E-state index is 12.4. The first-order valence-corrected chi connectivity index (χ1v) is 8.05. The van der Waals surface area contributed by atoms with Gasteiger partial charge in [-0.05, 0) is 19.2 Å². The number of para-hydroxylation sites is 1. The molecule has 1 saturated heterocycles. The van der Waals surface area contributed by atoms with Gasteiger partial charge in [0.15, 0.2) is 5.78 Å². The molecule has 3 nitrogen and oxygen atoms in total. The fourth-order valence-corrected chi connectivity index (χ4v) is 3.78. The van der Waals surface area contributed by atoms with Crippen LogP contribution in [0.4, 0.5) is 0 Å². The van der Waals surface area contributed by atoms with Crippen LogP contribution < -0.4 is 0 Å². The van der Waals surface area contributed by atoms with Crippen LogP contribution in [0.5, 0.6) is 0 Å². The number of rotatable bonds is 3. The highest BCUT2D eigenvalue weighted by molar-refractivity contribution is 7.99. The minimum Gasteiger partial charge on any atom is -0.297 e. The highest BCUT2D eigenvalue weighted by atomic mass is 32.2. The van der Waals surface area contributed by atoms with Crippen LogP contribution in [0.1, 0.15) is 5.69 Å². The van der Waals surface area contributed by atoms with Crippen molar-refractivity contribution in [2.75, 3.05) is 25.1 Å². The summed E-state index contributed by atoms with van der Waals surface area (Å²) >= 11 is 1.87. The molecule has 1 unspecified atom stereocenters. The van der Waals surface area contributed by atoms with Crippen LogP contribution >= 0.6 is 11.8 Å². The number of pyridine rings is 1. The van der Waals surface area contributed by atoms with Gasteiger partial charge in [0.2, 0.25) is 0 Å². The second kappa shape index (κ2) is 5.94. The summed E-state index contributed by atoms with van der Waals surface area (Å²) in [4.78, 5) is 19.2. The summed E-state index contributed by atoms with van der Waals surface area (Å²) in [6.07, 6.45) is 0.431. The van der Waals surface area contributed by atoms with E-state index in [9.17, 15) is 4.79 Å². The Morgan fingerprint density at radius 2 is 2.20 bits per heavy atom. The highest BCUT2D eigenvalue weighted by Crippen LogP contribution is 2.18. The van der Waals surface area contributed by atoms with Gasteiger partial charge in [0.05, 0.1) is 18.0 Å². The standard InChI is InChI=1S/C16H18N2OS/c1-18-8-9-20-11-15(18)16(19)10-13-7-6-12-4-2-3-5-14(12)17-13/h2-7,15H,8-11H2,1H3. The zero-order valence-electron chi connectivity index (χ0n) is 11.6. The summed E-state index contributed by atoms with van der Waals surface area (Å²) in [7, 11) is 2.04. The molecule has 1 aliphatic rings. The lowest BCUT2D eigenvalue weighted by Gasteiger charge is -2.30. The molecule has 104 valence electrons. The first-order valence-electron chi connectivity index (χ1n) is 6.89. The summed E-state index contributed by atoms with van der Waals surface area (Å²) in [6, 6.07) is 12.1. The Balaban J connectivity index is 1.76. The number of carbonyl (C=O) groups is 1. The first kappa shape index (κ1) is 13.6. The number of likely N-dealkylation sites (N-methyl/N-ethyl adjacent to an activating group) is 1. The number of nitrogens with zero attached hydrogens (tertiary/aromatic N) is 2. The van der Waals surface area contributed by atoms with E-state index in [2.05, 4.69) is 9.88 Å². The Hall–Kier alpha value is -1.39. The summed E-state index contributed by atoms with van der Waals surface area (Å²) < 4.78 is 0. The van der Waals surface area contributed by atoms with E-state index < -0.39 is 0 Å². The third kappa shape index (κ3) is 2.86. The number of thioether (sulfide) groups is 1. The van der Waals surface area contributed by atoms with Crippen LogP contribution in [-0.2, 0) is 11.2 Å². The molecule has 1 aromatic heterocycles. The average molecular weight is 286 g/mol. The Morgan fingerprint density at radius 1 is 1.35 bits per heavy atom. The Kier molecular flexibility index (Phi) is 4.03. The minimum atomic E-state index is 0.0435. The summed E-state index contributed by atoms with van der Waals surface area (Å²) in [5, 5.41) is 1.12. The van der Waals surface area contributed by atoms with Crippen molar-refractivity contribution in [3.63, 3.8) is 0 Å². The van der Waals surface area contributed by atoms with Gasteiger partial charge in [-0.2, -0.15) is 11.8 Å². The summed E-state index contributed by atoms with van der Waals surface area (Å²) in [5.41, 5.74) is 1.84. The number of fused-ring (bicyclic) bond motifs is 1. The number of carbonyl (C=O) groups excluding carboxylic acids is 1. The van der Waals surface area contributed by atoms with E-state index in [1.165, 1.54) is 0 Å². The van der Waals surface area contributed by atoms with E-state index in [1.807, 2.05) is 55.2 Å². The molecule has 2 aromatic rings. The molecule has 0 radical (unpaired) electrons. The third-order valence-corrected chi connectivity index (χ3v) is 4.80. The van der Waals surface area contributed by atoms with Crippen molar-refractivity contribution in [1.29, 1.82) is 0 Å². The molecule has 0 amide bonds. The minimum absolute atomic E-state index is 0.0435. The second-order valence-corrected chi connectivity index (χ2v) is 6.36. The van der Waals surface area contributed by atoms with E-state index in [0.717, 1.165) is 34.6 Å². The van der Waals surface area contributed by atoms with Crippen LogP contribution in [0.2, 0.25) is 0 Å². The monoisotopic (exact) mass is 286 g/mol. The topological polar surface area (TPSA) is 33.2 Å². The molecule has 1 aromatic carbocycles. The zero-order chi connectivity index (χ0) is 13.9. The van der Waals surface area contributed by atoms with Crippen molar-refractivity contribution in [2.45, 2.75) is 12.5 Å². The molecular weight excluding hydrogens is 268 g/mol. The molecule has 4 heteroatoms. The van der Waals surface area contributed by atoms with Gasteiger partial charge in [-0.15, -0.1) is 0 Å². The molecule has 1 fully saturated rings. The van der Waals surface area contributed by atoms with Gasteiger partial charge in [-0.3, -0.25) is 14.7 Å². The summed E-state index contributed by atoms with van der Waals surface area (Å²) in [5.74, 6) is 2.31. The number of hydrogen-bond donors (Lipinski definition) is 0. The molecule has 0 saturated carbocycles. The predicted molar refractivity (Wildman–Crippen MR) is 84.2 cm³/mol. The molecule has 0 aliphatic carbocycles. The lowest BCUT2D eigenvalue weighted by atomic mass is 10.1. The van der Waals surface area contributed by atoms with E-state index in [4.69, 9.17) is 0 Å². The van der Waals surface area contributed by atoms with Crippen molar-refractivity contribution in [1.82, 2.24) is 9.88 Å². The van der Waals surface area contributed by atoms with Gasteiger partial charge >= 0.3 is 0 Å². The Morgan fingerprint density at radius 3 is 3.05 bits per heavy atom. The zero-order valence-corrected chi connectivity index (χ0v) is 12.4. The molecule has 1 atom stereocenters. The highest BCUT2D eigenvalue weighted by Gasteiger charge is 2.26. The number of hydrogen-bond acceptors (Lipinski definition) is 4. The van der Waals surface area contributed by atoms with Crippen molar-refractivity contribution < 1.29 is 4.79 Å². The Labute approximate surface area is 123 Å². The molecule has 0 spiro atoms. The SMILES string of the molecule is CN1CCSCC1C(=O)Cc1ccc2ccccc2n1. The number of ketones is 1. The van der Waals surface area contributed by atoms with E-state index in [0.29, 0.717) is 6.42 Å². The predicted octanol–water partition coefficient (Wildman–Crippen LogP) is 2.39. The van der Waals surface area contributed by atoms with E-state index in [1.54, 1.807) is 0 Å². The second-order valence-electron chi connectivity index (χ2n) is 5.21. The Bertz CT molecular complexity index is 629. The molecule has 3 rings (SSSR count). The van der Waals surface area contributed by atoms with E-state index >= 15 is 0 Å². The van der Waals surface area contributed by atoms with Gasteiger partial charge in [0.25, 0.3) is 0 Å². The number of Topliss-reactive ketones (excluding diaryl/α,β-unsaturated/α-hetero) is 1. The first-order chi connectivity index (χ1) is 9.74. The molecule has 0 N–H and O–H groups in total. The maximum absolute atomic E-state index is 12.4. The van der Waals surface area contributed by atoms with Crippen LogP contribution in [-0.4, -0.2) is 46.8 Å². The molecule has 0 bridgehead atoms. The largest absolute Gasteiger partial charge is 0.297 e. The van der Waals surface area contributed by atoms with Crippen molar-refractivity contribution in [2.24, 2.45) is 0 Å². The van der Waals surface area contributed by atoms with Crippen molar-refractivity contribution in [3.8, 4) is 0 Å². The van der Waals surface area contributed by atoms with E-state index in [-0.39, 0.29) is 11.8 Å². The fraction of sp³-hybridized carbons (Fsp3) is 0.375. The molecule has 20 heavy (non-hydrogen) atoms. The van der Waals surface area contributed by atoms with Crippen molar-refractivity contribution >= 4 is 28.4 Å². The number of aromatic nitrogens is 1. The average Bonchev–Trinajstić information content (AvgIpc) is 2.47. The molecule has 2 heterocycles. The smallest absolute Gasteiger partial charge is 0.156 e. The fourth-order valence-electron chi connectivity index (χ4n) is 2.53. The van der Waals surface area contributed by atoms with Gasteiger partial charge in [0.1, 0.15) is 0 Å². The summed E-state index contributed by atoms with van der Waals surface area (Å²) in [6.45, 7) is 0.992. The lowest BCUT2D eigenvalue weighted by Crippen LogP contribution is -2.45. The van der Waals surface area contributed by atoms with Crippen LogP contribution in [0.25, 0.3) is 10.9 Å². The van der Waals surface area contributed by atoms with Crippen LogP contribution in [0.15, 0.2) is 36.4 Å².